The van der Waals surface area contributed by atoms with Crippen LogP contribution in [0.2, 0.25) is 0 Å². The lowest BCUT2D eigenvalue weighted by molar-refractivity contribution is 0.282. The Morgan fingerprint density at radius 3 is 2.80 bits per heavy atom. The quantitative estimate of drug-likeness (QED) is 0.760. The van der Waals surface area contributed by atoms with Crippen LogP contribution in [-0.4, -0.2) is 10.1 Å². The van der Waals surface area contributed by atoms with Crippen LogP contribution in [0.1, 0.15) is 5.56 Å². The number of halogens is 1. The summed E-state index contributed by atoms with van der Waals surface area (Å²) in [5.74, 6) is -0.493. The van der Waals surface area contributed by atoms with Crippen molar-refractivity contribution in [3.05, 3.63) is 54.1 Å². The van der Waals surface area contributed by atoms with Gasteiger partial charge in [0.15, 0.2) is 0 Å². The van der Waals surface area contributed by atoms with Crippen molar-refractivity contribution in [2.45, 2.75) is 6.61 Å². The van der Waals surface area contributed by atoms with Crippen molar-refractivity contribution in [2.24, 2.45) is 0 Å². The number of aliphatic hydroxyl groups excluding tert-OH is 1. The standard InChI is InChI=1S/C12H10FNO/c13-12-11(5-2-6-14-12)10-4-1-3-9(7-10)8-15/h1-7,15H,8H2. The summed E-state index contributed by atoms with van der Waals surface area (Å²) < 4.78 is 13.3. The highest BCUT2D eigenvalue weighted by Crippen LogP contribution is 2.21. The van der Waals surface area contributed by atoms with Crippen molar-refractivity contribution in [3.63, 3.8) is 0 Å². The summed E-state index contributed by atoms with van der Waals surface area (Å²) >= 11 is 0. The van der Waals surface area contributed by atoms with Gasteiger partial charge in [-0.1, -0.05) is 18.2 Å². The number of hydrogen-bond donors (Lipinski definition) is 1. The highest BCUT2D eigenvalue weighted by Gasteiger charge is 2.04. The maximum Gasteiger partial charge on any atom is 0.220 e. The smallest absolute Gasteiger partial charge is 0.220 e. The Balaban J connectivity index is 2.49. The molecule has 3 heteroatoms. The highest BCUT2D eigenvalue weighted by atomic mass is 19.1. The van der Waals surface area contributed by atoms with E-state index in [1.54, 1.807) is 36.4 Å². The van der Waals surface area contributed by atoms with Gasteiger partial charge in [-0.3, -0.25) is 0 Å². The second kappa shape index (κ2) is 4.19. The fourth-order valence-corrected chi connectivity index (χ4v) is 1.44. The van der Waals surface area contributed by atoms with E-state index in [-0.39, 0.29) is 6.61 Å². The predicted octanol–water partition coefficient (Wildman–Crippen LogP) is 2.38. The molecule has 0 aliphatic rings. The molecule has 0 aliphatic carbocycles. The predicted molar refractivity (Wildman–Crippen MR) is 55.6 cm³/mol. The minimum Gasteiger partial charge on any atom is -0.392 e. The van der Waals surface area contributed by atoms with Gasteiger partial charge in [0.25, 0.3) is 0 Å². The third kappa shape index (κ3) is 2.02. The zero-order valence-corrected chi connectivity index (χ0v) is 8.02. The normalized spacial score (nSPS) is 10.3. The fraction of sp³-hybridized carbons (Fsp3) is 0.0833. The first-order chi connectivity index (χ1) is 7.31. The molecule has 15 heavy (non-hydrogen) atoms. The van der Waals surface area contributed by atoms with E-state index in [0.717, 1.165) is 11.1 Å². The second-order valence-corrected chi connectivity index (χ2v) is 3.20. The van der Waals surface area contributed by atoms with Crippen LogP contribution in [-0.2, 0) is 6.61 Å². The number of aromatic nitrogens is 1. The van der Waals surface area contributed by atoms with Gasteiger partial charge in [-0.05, 0) is 29.3 Å². The van der Waals surface area contributed by atoms with E-state index < -0.39 is 5.95 Å². The summed E-state index contributed by atoms with van der Waals surface area (Å²) in [7, 11) is 0. The van der Waals surface area contributed by atoms with Crippen LogP contribution in [0.5, 0.6) is 0 Å². The van der Waals surface area contributed by atoms with E-state index in [2.05, 4.69) is 4.98 Å². The Kier molecular flexibility index (Phi) is 2.74. The maximum atomic E-state index is 13.3. The molecule has 1 aromatic heterocycles. The number of aliphatic hydroxyl groups is 1. The molecule has 2 rings (SSSR count). The van der Waals surface area contributed by atoms with Gasteiger partial charge in [0.05, 0.1) is 6.61 Å². The van der Waals surface area contributed by atoms with Crippen LogP contribution in [0.25, 0.3) is 11.1 Å². The SMILES string of the molecule is OCc1cccc(-c2cccnc2F)c1. The molecule has 2 nitrogen and oxygen atoms in total. The summed E-state index contributed by atoms with van der Waals surface area (Å²) in [6.45, 7) is -0.0459. The molecule has 0 spiro atoms. The van der Waals surface area contributed by atoms with Crippen molar-refractivity contribution in [2.75, 3.05) is 0 Å². The lowest BCUT2D eigenvalue weighted by atomic mass is 10.1. The van der Waals surface area contributed by atoms with Crippen LogP contribution in [0.4, 0.5) is 4.39 Å². The number of pyridine rings is 1. The van der Waals surface area contributed by atoms with Crippen LogP contribution >= 0.6 is 0 Å². The van der Waals surface area contributed by atoms with E-state index >= 15 is 0 Å². The average molecular weight is 203 g/mol. The molecule has 0 atom stereocenters. The third-order valence-electron chi connectivity index (χ3n) is 2.18. The Bertz CT molecular complexity index is 471. The number of benzene rings is 1. The molecule has 1 heterocycles. The Labute approximate surface area is 87.0 Å². The molecule has 0 radical (unpaired) electrons. The van der Waals surface area contributed by atoms with E-state index in [1.807, 2.05) is 0 Å². The minimum absolute atomic E-state index is 0.0459. The van der Waals surface area contributed by atoms with E-state index in [4.69, 9.17) is 5.11 Å². The lowest BCUT2D eigenvalue weighted by Gasteiger charge is -2.03. The summed E-state index contributed by atoms with van der Waals surface area (Å²) in [6.07, 6.45) is 1.41. The van der Waals surface area contributed by atoms with Crippen molar-refractivity contribution in [1.82, 2.24) is 4.98 Å². The monoisotopic (exact) mass is 203 g/mol. The zero-order valence-electron chi connectivity index (χ0n) is 8.02. The summed E-state index contributed by atoms with van der Waals surface area (Å²) in [4.78, 5) is 3.58. The minimum atomic E-state index is -0.493. The third-order valence-corrected chi connectivity index (χ3v) is 2.18. The molecule has 0 bridgehead atoms. The lowest BCUT2D eigenvalue weighted by Crippen LogP contribution is -1.89. The molecule has 0 unspecified atom stereocenters. The number of nitrogens with zero attached hydrogens (tertiary/aromatic N) is 1. The number of rotatable bonds is 2. The Hall–Kier alpha value is -1.74. The molecular formula is C12H10FNO. The second-order valence-electron chi connectivity index (χ2n) is 3.20. The average Bonchev–Trinajstić information content (AvgIpc) is 2.30. The van der Waals surface area contributed by atoms with Crippen molar-refractivity contribution in [3.8, 4) is 11.1 Å². The molecular weight excluding hydrogens is 193 g/mol. The van der Waals surface area contributed by atoms with Gasteiger partial charge in [-0.15, -0.1) is 0 Å². The first-order valence-electron chi connectivity index (χ1n) is 4.62. The largest absolute Gasteiger partial charge is 0.392 e. The van der Waals surface area contributed by atoms with Crippen LogP contribution in [0, 0.1) is 5.95 Å². The zero-order chi connectivity index (χ0) is 10.7. The summed E-state index contributed by atoms with van der Waals surface area (Å²) in [5.41, 5.74) is 1.94. The van der Waals surface area contributed by atoms with Gasteiger partial charge >= 0.3 is 0 Å². The van der Waals surface area contributed by atoms with Crippen molar-refractivity contribution in [1.29, 1.82) is 0 Å². The first-order valence-corrected chi connectivity index (χ1v) is 4.62. The highest BCUT2D eigenvalue weighted by molar-refractivity contribution is 5.63. The van der Waals surface area contributed by atoms with Crippen molar-refractivity contribution >= 4 is 0 Å². The maximum absolute atomic E-state index is 13.3. The Morgan fingerprint density at radius 2 is 2.07 bits per heavy atom. The molecule has 0 fully saturated rings. The molecule has 0 aliphatic heterocycles. The van der Waals surface area contributed by atoms with Crippen LogP contribution < -0.4 is 0 Å². The van der Waals surface area contributed by atoms with Crippen LogP contribution in [0.15, 0.2) is 42.6 Å². The molecule has 0 amide bonds. The summed E-state index contributed by atoms with van der Waals surface area (Å²) in [5, 5.41) is 8.97. The molecule has 0 saturated carbocycles. The van der Waals surface area contributed by atoms with Gasteiger partial charge in [0.2, 0.25) is 5.95 Å². The van der Waals surface area contributed by atoms with E-state index in [0.29, 0.717) is 5.56 Å². The molecule has 0 saturated heterocycles. The van der Waals surface area contributed by atoms with Gasteiger partial charge in [0, 0.05) is 11.8 Å². The van der Waals surface area contributed by atoms with Gasteiger partial charge in [-0.2, -0.15) is 4.39 Å². The van der Waals surface area contributed by atoms with Gasteiger partial charge in [0.1, 0.15) is 0 Å². The molecule has 1 N–H and O–H groups in total. The van der Waals surface area contributed by atoms with E-state index in [9.17, 15) is 4.39 Å². The topological polar surface area (TPSA) is 33.1 Å². The fourth-order valence-electron chi connectivity index (χ4n) is 1.44. The van der Waals surface area contributed by atoms with E-state index in [1.165, 1.54) is 6.20 Å². The first kappa shape index (κ1) is 9.80. The van der Waals surface area contributed by atoms with Crippen LogP contribution in [0.3, 0.4) is 0 Å². The van der Waals surface area contributed by atoms with Gasteiger partial charge in [-0.25, -0.2) is 4.98 Å². The van der Waals surface area contributed by atoms with Crippen molar-refractivity contribution < 1.29 is 9.50 Å². The number of hydrogen-bond acceptors (Lipinski definition) is 2. The molecule has 1 aromatic carbocycles. The summed E-state index contributed by atoms with van der Waals surface area (Å²) in [6, 6.07) is 10.5. The Morgan fingerprint density at radius 1 is 1.20 bits per heavy atom. The molecule has 76 valence electrons. The molecule has 2 aromatic rings. The van der Waals surface area contributed by atoms with Gasteiger partial charge < -0.3 is 5.11 Å².